The molecule has 0 aromatic heterocycles. The van der Waals surface area contributed by atoms with Crippen molar-refractivity contribution in [2.24, 2.45) is 0 Å². The summed E-state index contributed by atoms with van der Waals surface area (Å²) in [5, 5.41) is 12.2. The molecule has 0 amide bonds. The van der Waals surface area contributed by atoms with E-state index in [4.69, 9.17) is 4.74 Å². The standard InChI is InChI=1S/C15H15F2NO2/c1-9(12-5-4-11(19)8-14(12)17)18-10-3-6-13(16)15(7-10)20-2/h3-9,18-19H,1-2H3. The predicted octanol–water partition coefficient (Wildman–Crippen LogP) is 3.85. The molecule has 106 valence electrons. The fourth-order valence-corrected chi connectivity index (χ4v) is 1.94. The van der Waals surface area contributed by atoms with Gasteiger partial charge in [-0.3, -0.25) is 0 Å². The minimum absolute atomic E-state index is 0.119. The lowest BCUT2D eigenvalue weighted by atomic mass is 10.1. The van der Waals surface area contributed by atoms with Gasteiger partial charge in [-0.05, 0) is 25.1 Å². The maximum Gasteiger partial charge on any atom is 0.165 e. The lowest BCUT2D eigenvalue weighted by Gasteiger charge is -2.17. The van der Waals surface area contributed by atoms with E-state index >= 15 is 0 Å². The highest BCUT2D eigenvalue weighted by Crippen LogP contribution is 2.27. The number of halogens is 2. The zero-order valence-corrected chi connectivity index (χ0v) is 11.2. The van der Waals surface area contributed by atoms with Gasteiger partial charge in [0.05, 0.1) is 13.2 Å². The van der Waals surface area contributed by atoms with Crippen LogP contribution in [0.5, 0.6) is 11.5 Å². The van der Waals surface area contributed by atoms with Gasteiger partial charge in [-0.2, -0.15) is 0 Å². The summed E-state index contributed by atoms with van der Waals surface area (Å²) in [7, 11) is 1.38. The highest BCUT2D eigenvalue weighted by atomic mass is 19.1. The molecule has 20 heavy (non-hydrogen) atoms. The van der Waals surface area contributed by atoms with Gasteiger partial charge < -0.3 is 15.2 Å². The number of aromatic hydroxyl groups is 1. The second-order valence-electron chi connectivity index (χ2n) is 4.42. The fourth-order valence-electron chi connectivity index (χ4n) is 1.94. The highest BCUT2D eigenvalue weighted by Gasteiger charge is 2.12. The molecular weight excluding hydrogens is 264 g/mol. The van der Waals surface area contributed by atoms with Crippen molar-refractivity contribution in [3.63, 3.8) is 0 Å². The van der Waals surface area contributed by atoms with Crippen LogP contribution in [-0.2, 0) is 0 Å². The molecule has 0 saturated heterocycles. The average Bonchev–Trinajstić information content (AvgIpc) is 2.40. The smallest absolute Gasteiger partial charge is 0.165 e. The third-order valence-corrected chi connectivity index (χ3v) is 2.98. The first-order valence-electron chi connectivity index (χ1n) is 6.09. The molecule has 0 aliphatic rings. The van der Waals surface area contributed by atoms with Crippen molar-refractivity contribution < 1.29 is 18.6 Å². The molecule has 0 radical (unpaired) electrons. The van der Waals surface area contributed by atoms with Crippen molar-refractivity contribution in [2.45, 2.75) is 13.0 Å². The first kappa shape index (κ1) is 14.1. The molecule has 0 bridgehead atoms. The van der Waals surface area contributed by atoms with E-state index in [-0.39, 0.29) is 17.5 Å². The van der Waals surface area contributed by atoms with Crippen molar-refractivity contribution in [2.75, 3.05) is 12.4 Å². The quantitative estimate of drug-likeness (QED) is 0.893. The fraction of sp³-hybridized carbons (Fsp3) is 0.200. The summed E-state index contributed by atoms with van der Waals surface area (Å²) in [5.74, 6) is -0.962. The topological polar surface area (TPSA) is 41.5 Å². The molecule has 1 atom stereocenters. The summed E-state index contributed by atoms with van der Waals surface area (Å²) in [6.07, 6.45) is 0. The van der Waals surface area contributed by atoms with Crippen molar-refractivity contribution in [3.8, 4) is 11.5 Å². The summed E-state index contributed by atoms with van der Waals surface area (Å²) in [6, 6.07) is 7.97. The molecule has 1 unspecified atom stereocenters. The molecule has 2 rings (SSSR count). The Hall–Kier alpha value is -2.30. The Labute approximate surface area is 115 Å². The average molecular weight is 279 g/mol. The van der Waals surface area contributed by atoms with Crippen LogP contribution in [0.3, 0.4) is 0 Å². The minimum atomic E-state index is -0.501. The second-order valence-corrected chi connectivity index (χ2v) is 4.42. The van der Waals surface area contributed by atoms with E-state index in [0.717, 1.165) is 6.07 Å². The van der Waals surface area contributed by atoms with E-state index in [1.165, 1.54) is 31.4 Å². The SMILES string of the molecule is COc1cc(NC(C)c2ccc(O)cc2F)ccc1F. The van der Waals surface area contributed by atoms with Gasteiger partial charge in [-0.1, -0.05) is 6.07 Å². The summed E-state index contributed by atoms with van der Waals surface area (Å²) in [4.78, 5) is 0. The Morgan fingerprint density at radius 3 is 2.50 bits per heavy atom. The maximum atomic E-state index is 13.7. The third kappa shape index (κ3) is 2.99. The molecule has 0 spiro atoms. The Balaban J connectivity index is 2.21. The van der Waals surface area contributed by atoms with E-state index in [1.54, 1.807) is 13.0 Å². The van der Waals surface area contributed by atoms with E-state index in [1.807, 2.05) is 0 Å². The van der Waals surface area contributed by atoms with E-state index in [9.17, 15) is 13.9 Å². The number of nitrogens with one attached hydrogen (secondary N) is 1. The summed E-state index contributed by atoms with van der Waals surface area (Å²) >= 11 is 0. The molecule has 0 heterocycles. The molecule has 2 N–H and O–H groups in total. The van der Waals surface area contributed by atoms with Crippen molar-refractivity contribution in [1.29, 1.82) is 0 Å². The number of methoxy groups -OCH3 is 1. The zero-order chi connectivity index (χ0) is 14.7. The minimum Gasteiger partial charge on any atom is -0.508 e. The van der Waals surface area contributed by atoms with Gasteiger partial charge in [0.2, 0.25) is 0 Å². The van der Waals surface area contributed by atoms with E-state index in [2.05, 4.69) is 5.32 Å². The Bertz CT molecular complexity index is 617. The van der Waals surface area contributed by atoms with Crippen molar-refractivity contribution >= 4 is 5.69 Å². The van der Waals surface area contributed by atoms with Crippen molar-refractivity contribution in [1.82, 2.24) is 0 Å². The van der Waals surface area contributed by atoms with Crippen LogP contribution in [0.1, 0.15) is 18.5 Å². The van der Waals surface area contributed by atoms with E-state index in [0.29, 0.717) is 11.3 Å². The lowest BCUT2D eigenvalue weighted by Crippen LogP contribution is -2.08. The Morgan fingerprint density at radius 2 is 1.85 bits per heavy atom. The van der Waals surface area contributed by atoms with Gasteiger partial charge >= 0.3 is 0 Å². The number of rotatable bonds is 4. The van der Waals surface area contributed by atoms with Gasteiger partial charge in [0.1, 0.15) is 11.6 Å². The molecule has 2 aromatic rings. The van der Waals surface area contributed by atoms with Crippen LogP contribution in [0.25, 0.3) is 0 Å². The molecular formula is C15H15F2NO2. The number of hydrogen-bond acceptors (Lipinski definition) is 3. The van der Waals surface area contributed by atoms with Gasteiger partial charge in [0.25, 0.3) is 0 Å². The maximum absolute atomic E-state index is 13.7. The molecule has 0 fully saturated rings. The second kappa shape index (κ2) is 5.77. The highest BCUT2D eigenvalue weighted by molar-refractivity contribution is 5.50. The van der Waals surface area contributed by atoms with Crippen molar-refractivity contribution in [3.05, 3.63) is 53.6 Å². The number of benzene rings is 2. The molecule has 0 aliphatic heterocycles. The largest absolute Gasteiger partial charge is 0.508 e. The monoisotopic (exact) mass is 279 g/mol. The van der Waals surface area contributed by atoms with Gasteiger partial charge in [0, 0.05) is 23.4 Å². The molecule has 0 saturated carbocycles. The first-order chi connectivity index (χ1) is 9.51. The number of ether oxygens (including phenoxy) is 1. The van der Waals surface area contributed by atoms with Crippen LogP contribution in [-0.4, -0.2) is 12.2 Å². The molecule has 3 nitrogen and oxygen atoms in total. The molecule has 5 heteroatoms. The van der Waals surface area contributed by atoms with Crippen LogP contribution >= 0.6 is 0 Å². The zero-order valence-electron chi connectivity index (χ0n) is 11.2. The van der Waals surface area contributed by atoms with Crippen LogP contribution < -0.4 is 10.1 Å². The predicted molar refractivity (Wildman–Crippen MR) is 73.1 cm³/mol. The van der Waals surface area contributed by atoms with Gasteiger partial charge in [-0.25, -0.2) is 8.78 Å². The van der Waals surface area contributed by atoms with Crippen LogP contribution in [0.2, 0.25) is 0 Å². The van der Waals surface area contributed by atoms with Gasteiger partial charge in [-0.15, -0.1) is 0 Å². The third-order valence-electron chi connectivity index (χ3n) is 2.98. The van der Waals surface area contributed by atoms with Gasteiger partial charge in [0.15, 0.2) is 11.6 Å². The summed E-state index contributed by atoms with van der Waals surface area (Å²) in [5.41, 5.74) is 1.02. The van der Waals surface area contributed by atoms with Crippen LogP contribution in [0.4, 0.5) is 14.5 Å². The number of anilines is 1. The lowest BCUT2D eigenvalue weighted by molar-refractivity contribution is 0.387. The number of phenols is 1. The Kier molecular flexibility index (Phi) is 4.08. The molecule has 0 aliphatic carbocycles. The van der Waals surface area contributed by atoms with Crippen LogP contribution in [0.15, 0.2) is 36.4 Å². The van der Waals surface area contributed by atoms with Crippen LogP contribution in [0, 0.1) is 11.6 Å². The summed E-state index contributed by atoms with van der Waals surface area (Å²) < 4.78 is 31.9. The van der Waals surface area contributed by atoms with E-state index < -0.39 is 11.6 Å². The number of phenolic OH excluding ortho intramolecular Hbond substituents is 1. The number of hydrogen-bond donors (Lipinski definition) is 2. The first-order valence-corrected chi connectivity index (χ1v) is 6.09. The normalized spacial score (nSPS) is 12.0. The Morgan fingerprint density at radius 1 is 1.10 bits per heavy atom. The molecule has 2 aromatic carbocycles. The summed E-state index contributed by atoms with van der Waals surface area (Å²) in [6.45, 7) is 1.77.